The highest BCUT2D eigenvalue weighted by molar-refractivity contribution is 6.10. The number of hydrogen-bond donors (Lipinski definition) is 0. The quantitative estimate of drug-likeness (QED) is 0.227. The Kier molecular flexibility index (Phi) is 5.10. The van der Waals surface area contributed by atoms with Crippen LogP contribution in [0, 0.1) is 18.3 Å². The number of hydrogen-bond acceptors (Lipinski definition) is 1. The molecule has 0 aliphatic carbocycles. The zero-order valence-electron chi connectivity index (χ0n) is 22.5. The third-order valence-electron chi connectivity index (χ3n) is 8.17. The molecule has 8 aromatic rings. The Morgan fingerprint density at radius 3 is 1.56 bits per heavy atom. The molecule has 0 N–H and O–H groups in total. The van der Waals surface area contributed by atoms with Crippen LogP contribution in [0.1, 0.15) is 11.1 Å². The molecule has 0 amide bonds. The molecule has 2 heterocycles. The summed E-state index contributed by atoms with van der Waals surface area (Å²) in [5, 5.41) is 14.3. The summed E-state index contributed by atoms with van der Waals surface area (Å²) < 4.78 is 4.67. The van der Waals surface area contributed by atoms with Crippen molar-refractivity contribution in [3.63, 3.8) is 0 Å². The van der Waals surface area contributed by atoms with Crippen molar-refractivity contribution in [3.8, 4) is 28.6 Å². The van der Waals surface area contributed by atoms with Gasteiger partial charge in [-0.3, -0.25) is 0 Å². The summed E-state index contributed by atoms with van der Waals surface area (Å²) >= 11 is 0. The van der Waals surface area contributed by atoms with Crippen molar-refractivity contribution in [1.82, 2.24) is 9.13 Å². The highest BCUT2D eigenvalue weighted by Crippen LogP contribution is 2.36. The SMILES string of the molecule is Cc1ccc2c(c1)c1ccccc1n2-c1cccc(-c2cccc(-n3c4ccccc4c4cc(C#N)ccc43)c2)c1. The van der Waals surface area contributed by atoms with Crippen LogP contribution in [0.2, 0.25) is 0 Å². The van der Waals surface area contributed by atoms with Gasteiger partial charge in [0, 0.05) is 32.9 Å². The molecule has 0 aliphatic rings. The van der Waals surface area contributed by atoms with E-state index >= 15 is 0 Å². The lowest BCUT2D eigenvalue weighted by Gasteiger charge is -2.13. The maximum Gasteiger partial charge on any atom is 0.0991 e. The smallest absolute Gasteiger partial charge is 0.0991 e. The van der Waals surface area contributed by atoms with Crippen LogP contribution in [0.3, 0.4) is 0 Å². The summed E-state index contributed by atoms with van der Waals surface area (Å²) in [6.45, 7) is 2.15. The van der Waals surface area contributed by atoms with Gasteiger partial charge in [0.05, 0.1) is 33.7 Å². The topological polar surface area (TPSA) is 33.6 Å². The van der Waals surface area contributed by atoms with Crippen LogP contribution in [0.5, 0.6) is 0 Å². The Bertz CT molecular complexity index is 2340. The van der Waals surface area contributed by atoms with Gasteiger partial charge in [-0.05, 0) is 84.8 Å². The first kappa shape index (κ1) is 23.3. The number of aryl methyl sites for hydroxylation is 1. The number of para-hydroxylation sites is 2. The molecule has 0 radical (unpaired) electrons. The van der Waals surface area contributed by atoms with Crippen LogP contribution >= 0.6 is 0 Å². The van der Waals surface area contributed by atoms with Gasteiger partial charge < -0.3 is 9.13 Å². The van der Waals surface area contributed by atoms with E-state index in [1.165, 1.54) is 27.4 Å². The summed E-state index contributed by atoms with van der Waals surface area (Å²) in [5.41, 5.74) is 11.1. The van der Waals surface area contributed by atoms with Crippen molar-refractivity contribution in [3.05, 3.63) is 145 Å². The zero-order valence-corrected chi connectivity index (χ0v) is 22.5. The van der Waals surface area contributed by atoms with Crippen LogP contribution in [0.4, 0.5) is 0 Å². The number of rotatable bonds is 3. The Balaban J connectivity index is 1.31. The van der Waals surface area contributed by atoms with Crippen molar-refractivity contribution in [2.24, 2.45) is 0 Å². The van der Waals surface area contributed by atoms with Gasteiger partial charge in [-0.25, -0.2) is 0 Å². The minimum atomic E-state index is 0.672. The largest absolute Gasteiger partial charge is 0.309 e. The molecule has 0 aliphatic heterocycles. The Morgan fingerprint density at radius 1 is 0.463 bits per heavy atom. The standard InChI is InChI=1S/C38H25N3/c1-25-16-18-37-33(20-25)31-12-2-4-14-35(31)40(37)29-10-6-8-27(22-29)28-9-7-11-30(23-28)41-36-15-5-3-13-32(36)34-21-26(24-39)17-19-38(34)41/h2-23H,1H3. The highest BCUT2D eigenvalue weighted by atomic mass is 15.0. The molecule has 0 saturated carbocycles. The lowest BCUT2D eigenvalue weighted by atomic mass is 10.0. The van der Waals surface area contributed by atoms with Gasteiger partial charge in [0.25, 0.3) is 0 Å². The predicted molar refractivity (Wildman–Crippen MR) is 170 cm³/mol. The first-order valence-electron chi connectivity index (χ1n) is 13.8. The lowest BCUT2D eigenvalue weighted by Crippen LogP contribution is -1.96. The van der Waals surface area contributed by atoms with Gasteiger partial charge in [0.1, 0.15) is 0 Å². The molecule has 6 aromatic carbocycles. The highest BCUT2D eigenvalue weighted by Gasteiger charge is 2.15. The normalized spacial score (nSPS) is 11.5. The fraction of sp³-hybridized carbons (Fsp3) is 0.0263. The molecule has 41 heavy (non-hydrogen) atoms. The maximum atomic E-state index is 9.52. The number of nitriles is 1. The van der Waals surface area contributed by atoms with E-state index in [1.807, 2.05) is 12.1 Å². The van der Waals surface area contributed by atoms with Gasteiger partial charge in [-0.15, -0.1) is 0 Å². The van der Waals surface area contributed by atoms with E-state index < -0.39 is 0 Å². The van der Waals surface area contributed by atoms with Crippen LogP contribution in [0.25, 0.3) is 66.1 Å². The molecule has 3 nitrogen and oxygen atoms in total. The van der Waals surface area contributed by atoms with Gasteiger partial charge >= 0.3 is 0 Å². The number of benzene rings is 6. The third-order valence-corrected chi connectivity index (χ3v) is 8.17. The molecule has 8 rings (SSSR count). The van der Waals surface area contributed by atoms with Crippen molar-refractivity contribution in [1.29, 1.82) is 5.26 Å². The molecular formula is C38H25N3. The number of aromatic nitrogens is 2. The first-order chi connectivity index (χ1) is 20.2. The van der Waals surface area contributed by atoms with E-state index in [-0.39, 0.29) is 0 Å². The van der Waals surface area contributed by atoms with Crippen LogP contribution in [-0.2, 0) is 0 Å². The Labute approximate surface area is 237 Å². The molecule has 0 atom stereocenters. The molecular weight excluding hydrogens is 498 g/mol. The summed E-state index contributed by atoms with van der Waals surface area (Å²) in [5.74, 6) is 0. The van der Waals surface area contributed by atoms with Gasteiger partial charge in [-0.2, -0.15) is 5.26 Å². The maximum absolute atomic E-state index is 9.52. The van der Waals surface area contributed by atoms with Crippen LogP contribution in [0.15, 0.2) is 133 Å². The first-order valence-corrected chi connectivity index (χ1v) is 13.8. The molecule has 0 unspecified atom stereocenters. The Morgan fingerprint density at radius 2 is 0.976 bits per heavy atom. The van der Waals surface area contributed by atoms with E-state index in [0.29, 0.717) is 5.56 Å². The van der Waals surface area contributed by atoms with E-state index in [0.717, 1.165) is 44.3 Å². The second-order valence-electron chi connectivity index (χ2n) is 10.7. The van der Waals surface area contributed by atoms with Gasteiger partial charge in [-0.1, -0.05) is 72.3 Å². The summed E-state index contributed by atoms with van der Waals surface area (Å²) in [7, 11) is 0. The molecule has 0 spiro atoms. The molecule has 0 fully saturated rings. The summed E-state index contributed by atoms with van der Waals surface area (Å²) in [6, 6.07) is 49.6. The number of fused-ring (bicyclic) bond motifs is 6. The van der Waals surface area contributed by atoms with E-state index in [1.54, 1.807) is 0 Å². The van der Waals surface area contributed by atoms with E-state index in [9.17, 15) is 5.26 Å². The molecule has 0 bridgehead atoms. The fourth-order valence-corrected chi connectivity index (χ4v) is 6.33. The average Bonchev–Trinajstić information content (AvgIpc) is 3.53. The molecule has 0 saturated heterocycles. The van der Waals surface area contributed by atoms with E-state index in [4.69, 9.17) is 0 Å². The summed E-state index contributed by atoms with van der Waals surface area (Å²) in [4.78, 5) is 0. The van der Waals surface area contributed by atoms with Gasteiger partial charge in [0.2, 0.25) is 0 Å². The van der Waals surface area contributed by atoms with Crippen molar-refractivity contribution >= 4 is 43.6 Å². The lowest BCUT2D eigenvalue weighted by molar-refractivity contribution is 1.17. The van der Waals surface area contributed by atoms with Crippen LogP contribution in [-0.4, -0.2) is 9.13 Å². The second-order valence-corrected chi connectivity index (χ2v) is 10.7. The monoisotopic (exact) mass is 523 g/mol. The summed E-state index contributed by atoms with van der Waals surface area (Å²) in [6.07, 6.45) is 0. The minimum absolute atomic E-state index is 0.672. The number of nitrogens with zero attached hydrogens (tertiary/aromatic N) is 3. The average molecular weight is 524 g/mol. The van der Waals surface area contributed by atoms with Crippen LogP contribution < -0.4 is 0 Å². The van der Waals surface area contributed by atoms with Crippen molar-refractivity contribution in [2.45, 2.75) is 6.92 Å². The Hall–Kier alpha value is -5.59. The minimum Gasteiger partial charge on any atom is -0.309 e. The fourth-order valence-electron chi connectivity index (χ4n) is 6.33. The molecule has 3 heteroatoms. The molecule has 2 aromatic heterocycles. The zero-order chi connectivity index (χ0) is 27.5. The molecule has 192 valence electrons. The van der Waals surface area contributed by atoms with Crippen molar-refractivity contribution < 1.29 is 0 Å². The second kappa shape index (κ2) is 8.98. The van der Waals surface area contributed by atoms with Gasteiger partial charge in [0.15, 0.2) is 0 Å². The third kappa shape index (κ3) is 3.58. The van der Waals surface area contributed by atoms with E-state index in [2.05, 4.69) is 143 Å². The van der Waals surface area contributed by atoms with Crippen molar-refractivity contribution in [2.75, 3.05) is 0 Å². The predicted octanol–water partition coefficient (Wildman–Crippen LogP) is 9.73.